The lowest BCUT2D eigenvalue weighted by Gasteiger charge is -2.28. The molecule has 0 bridgehead atoms. The number of piperidine rings is 1. The van der Waals surface area contributed by atoms with Crippen molar-refractivity contribution in [2.75, 3.05) is 18.8 Å². The SMILES string of the molecule is C=C1CCN(C(=O)c2ccc(N)c([N+](=O)[O-])c2)CC1. The van der Waals surface area contributed by atoms with Crippen LogP contribution in [0.25, 0.3) is 0 Å². The number of hydrogen-bond acceptors (Lipinski definition) is 4. The molecule has 1 saturated heterocycles. The Balaban J connectivity index is 2.22. The molecular weight excluding hydrogens is 246 g/mol. The number of anilines is 1. The van der Waals surface area contributed by atoms with Gasteiger partial charge < -0.3 is 10.6 Å². The zero-order valence-electron chi connectivity index (χ0n) is 10.5. The van der Waals surface area contributed by atoms with Crippen molar-refractivity contribution in [2.24, 2.45) is 0 Å². The molecule has 1 aliphatic rings. The number of carbonyl (C=O) groups is 1. The Labute approximate surface area is 110 Å². The number of nitrogens with two attached hydrogens (primary N) is 1. The molecule has 1 aliphatic heterocycles. The summed E-state index contributed by atoms with van der Waals surface area (Å²) in [6.07, 6.45) is 1.56. The summed E-state index contributed by atoms with van der Waals surface area (Å²) in [6.45, 7) is 5.10. The standard InChI is InChI=1S/C13H15N3O3/c1-9-4-6-15(7-5-9)13(17)10-2-3-11(14)12(8-10)16(18)19/h2-3,8H,1,4-7,14H2. The second-order valence-electron chi connectivity index (χ2n) is 4.57. The van der Waals surface area contributed by atoms with Crippen molar-refractivity contribution in [3.63, 3.8) is 0 Å². The fourth-order valence-electron chi connectivity index (χ4n) is 2.04. The Morgan fingerprint density at radius 1 is 1.37 bits per heavy atom. The van der Waals surface area contributed by atoms with Crippen LogP contribution in [0.4, 0.5) is 11.4 Å². The lowest BCUT2D eigenvalue weighted by molar-refractivity contribution is -0.383. The highest BCUT2D eigenvalue weighted by Gasteiger charge is 2.22. The number of nitrogen functional groups attached to an aromatic ring is 1. The number of likely N-dealkylation sites (tertiary alicyclic amines) is 1. The molecule has 1 fully saturated rings. The Morgan fingerprint density at radius 2 is 2.00 bits per heavy atom. The van der Waals surface area contributed by atoms with Crippen molar-refractivity contribution in [2.45, 2.75) is 12.8 Å². The first-order valence-corrected chi connectivity index (χ1v) is 5.99. The molecule has 0 aliphatic carbocycles. The summed E-state index contributed by atoms with van der Waals surface area (Å²) in [6, 6.07) is 4.16. The molecule has 2 N–H and O–H groups in total. The van der Waals surface area contributed by atoms with Gasteiger partial charge in [0.1, 0.15) is 5.69 Å². The highest BCUT2D eigenvalue weighted by molar-refractivity contribution is 5.95. The number of nitrogens with zero attached hydrogens (tertiary/aromatic N) is 2. The minimum Gasteiger partial charge on any atom is -0.393 e. The van der Waals surface area contributed by atoms with Crippen LogP contribution in [0.15, 0.2) is 30.4 Å². The summed E-state index contributed by atoms with van der Waals surface area (Å²) in [4.78, 5) is 24.1. The Bertz CT molecular complexity index is 544. The smallest absolute Gasteiger partial charge is 0.292 e. The molecule has 0 spiro atoms. The maximum absolute atomic E-state index is 12.2. The van der Waals surface area contributed by atoms with Crippen molar-refractivity contribution in [3.05, 3.63) is 46.0 Å². The van der Waals surface area contributed by atoms with E-state index in [2.05, 4.69) is 6.58 Å². The molecule has 6 heteroatoms. The number of nitro benzene ring substituents is 1. The molecule has 6 nitrogen and oxygen atoms in total. The molecule has 0 aromatic heterocycles. The van der Waals surface area contributed by atoms with Crippen molar-refractivity contribution in [3.8, 4) is 0 Å². The normalized spacial score (nSPS) is 15.4. The number of nitro groups is 1. The van der Waals surface area contributed by atoms with E-state index in [0.29, 0.717) is 18.7 Å². The molecule has 1 aromatic carbocycles. The largest absolute Gasteiger partial charge is 0.393 e. The predicted molar refractivity (Wildman–Crippen MR) is 71.8 cm³/mol. The number of benzene rings is 1. The van der Waals surface area contributed by atoms with Gasteiger partial charge >= 0.3 is 0 Å². The van der Waals surface area contributed by atoms with Gasteiger partial charge in [0.25, 0.3) is 11.6 Å². The van der Waals surface area contributed by atoms with Crippen LogP contribution in [0.3, 0.4) is 0 Å². The fraction of sp³-hybridized carbons (Fsp3) is 0.308. The zero-order chi connectivity index (χ0) is 14.0. The maximum atomic E-state index is 12.2. The lowest BCUT2D eigenvalue weighted by Crippen LogP contribution is -2.36. The second kappa shape index (κ2) is 5.09. The van der Waals surface area contributed by atoms with Crippen molar-refractivity contribution in [1.82, 2.24) is 4.90 Å². The molecule has 0 atom stereocenters. The van der Waals surface area contributed by atoms with E-state index >= 15 is 0 Å². The van der Waals surface area contributed by atoms with Crippen molar-refractivity contribution >= 4 is 17.3 Å². The van der Waals surface area contributed by atoms with Gasteiger partial charge in [-0.15, -0.1) is 0 Å². The van der Waals surface area contributed by atoms with Gasteiger partial charge in [-0.3, -0.25) is 14.9 Å². The average molecular weight is 261 g/mol. The van der Waals surface area contributed by atoms with Crippen LogP contribution in [-0.2, 0) is 0 Å². The molecular formula is C13H15N3O3. The summed E-state index contributed by atoms with van der Waals surface area (Å²) in [5, 5.41) is 10.8. The van der Waals surface area contributed by atoms with Crippen LogP contribution < -0.4 is 5.73 Å². The zero-order valence-corrected chi connectivity index (χ0v) is 10.5. The predicted octanol–water partition coefficient (Wildman–Crippen LogP) is 1.97. The lowest BCUT2D eigenvalue weighted by atomic mass is 10.0. The van der Waals surface area contributed by atoms with E-state index in [1.807, 2.05) is 0 Å². The number of carbonyl (C=O) groups excluding carboxylic acids is 1. The molecule has 1 amide bonds. The van der Waals surface area contributed by atoms with E-state index in [1.54, 1.807) is 4.90 Å². The molecule has 19 heavy (non-hydrogen) atoms. The first-order valence-electron chi connectivity index (χ1n) is 5.99. The van der Waals surface area contributed by atoms with Gasteiger partial charge in [0.2, 0.25) is 0 Å². The van der Waals surface area contributed by atoms with Gasteiger partial charge in [-0.1, -0.05) is 12.2 Å². The number of hydrogen-bond donors (Lipinski definition) is 1. The van der Waals surface area contributed by atoms with Gasteiger partial charge in [0.05, 0.1) is 4.92 Å². The monoisotopic (exact) mass is 261 g/mol. The van der Waals surface area contributed by atoms with Gasteiger partial charge in [-0.05, 0) is 25.0 Å². The van der Waals surface area contributed by atoms with Gasteiger partial charge in [0.15, 0.2) is 0 Å². The summed E-state index contributed by atoms with van der Waals surface area (Å²) < 4.78 is 0. The molecule has 100 valence electrons. The third-order valence-electron chi connectivity index (χ3n) is 3.23. The van der Waals surface area contributed by atoms with Gasteiger partial charge in [0, 0.05) is 24.7 Å². The van der Waals surface area contributed by atoms with Gasteiger partial charge in [-0.25, -0.2) is 0 Å². The van der Waals surface area contributed by atoms with E-state index in [9.17, 15) is 14.9 Å². The van der Waals surface area contributed by atoms with E-state index in [4.69, 9.17) is 5.73 Å². The van der Waals surface area contributed by atoms with E-state index in [1.165, 1.54) is 18.2 Å². The summed E-state index contributed by atoms with van der Waals surface area (Å²) in [7, 11) is 0. The molecule has 2 rings (SSSR count). The first kappa shape index (κ1) is 13.1. The second-order valence-corrected chi connectivity index (χ2v) is 4.57. The Hall–Kier alpha value is -2.37. The fourth-order valence-corrected chi connectivity index (χ4v) is 2.04. The molecule has 0 radical (unpaired) electrons. The van der Waals surface area contributed by atoms with Crippen LogP contribution in [0, 0.1) is 10.1 Å². The molecule has 0 unspecified atom stereocenters. The van der Waals surface area contributed by atoms with Crippen molar-refractivity contribution < 1.29 is 9.72 Å². The average Bonchev–Trinajstić information content (AvgIpc) is 2.39. The summed E-state index contributed by atoms with van der Waals surface area (Å²) in [5.41, 5.74) is 6.77. The van der Waals surface area contributed by atoms with E-state index in [-0.39, 0.29) is 17.3 Å². The third kappa shape index (κ3) is 2.73. The van der Waals surface area contributed by atoms with Crippen LogP contribution in [0.1, 0.15) is 23.2 Å². The molecule has 1 heterocycles. The minimum atomic E-state index is -0.579. The first-order chi connectivity index (χ1) is 8.99. The summed E-state index contributed by atoms with van der Waals surface area (Å²) in [5.74, 6) is -0.199. The minimum absolute atomic E-state index is 0.0635. The van der Waals surface area contributed by atoms with Crippen LogP contribution in [0.2, 0.25) is 0 Å². The van der Waals surface area contributed by atoms with Crippen LogP contribution in [0.5, 0.6) is 0 Å². The molecule has 1 aromatic rings. The van der Waals surface area contributed by atoms with E-state index < -0.39 is 4.92 Å². The Morgan fingerprint density at radius 3 is 2.58 bits per heavy atom. The number of rotatable bonds is 2. The number of amides is 1. The highest BCUT2D eigenvalue weighted by atomic mass is 16.6. The van der Waals surface area contributed by atoms with E-state index in [0.717, 1.165) is 18.4 Å². The maximum Gasteiger partial charge on any atom is 0.292 e. The van der Waals surface area contributed by atoms with Crippen LogP contribution >= 0.6 is 0 Å². The summed E-state index contributed by atoms with van der Waals surface area (Å²) >= 11 is 0. The highest BCUT2D eigenvalue weighted by Crippen LogP contribution is 2.24. The van der Waals surface area contributed by atoms with Crippen LogP contribution in [-0.4, -0.2) is 28.8 Å². The van der Waals surface area contributed by atoms with Gasteiger partial charge in [-0.2, -0.15) is 0 Å². The Kier molecular flexibility index (Phi) is 3.50. The van der Waals surface area contributed by atoms with Crippen molar-refractivity contribution in [1.29, 1.82) is 0 Å². The molecule has 0 saturated carbocycles. The topological polar surface area (TPSA) is 89.5 Å². The third-order valence-corrected chi connectivity index (χ3v) is 3.23. The quantitative estimate of drug-likeness (QED) is 0.381.